The molecule has 2 aromatic heterocycles. The molecule has 0 fully saturated rings. The lowest BCUT2D eigenvalue weighted by Crippen LogP contribution is -2.30. The molecule has 0 amide bonds. The first-order valence-corrected chi connectivity index (χ1v) is 12.6. The number of rotatable bonds is 4. The van der Waals surface area contributed by atoms with Gasteiger partial charge in [-0.05, 0) is 64.2 Å². The van der Waals surface area contributed by atoms with E-state index in [-0.39, 0.29) is 5.75 Å². The van der Waals surface area contributed by atoms with E-state index >= 15 is 0 Å². The Morgan fingerprint density at radius 3 is 1.97 bits per heavy atom. The lowest BCUT2D eigenvalue weighted by atomic mass is 9.69. The van der Waals surface area contributed by atoms with Gasteiger partial charge in [0.25, 0.3) is 0 Å². The number of aromatic nitrogens is 3. The first-order valence-electron chi connectivity index (χ1n) is 12.6. The monoisotopic (exact) mass is 489 g/mol. The van der Waals surface area contributed by atoms with E-state index in [9.17, 15) is 5.11 Å². The van der Waals surface area contributed by atoms with Crippen molar-refractivity contribution in [2.24, 2.45) is 0 Å². The highest BCUT2D eigenvalue weighted by Crippen LogP contribution is 2.56. The predicted octanol–water partition coefficient (Wildman–Crippen LogP) is 7.27. The molecule has 0 aliphatic heterocycles. The first kappa shape index (κ1) is 22.1. The van der Waals surface area contributed by atoms with Crippen molar-refractivity contribution in [2.45, 2.75) is 5.41 Å². The van der Waals surface area contributed by atoms with Crippen LogP contribution in [0.1, 0.15) is 22.4 Å². The molecule has 7 rings (SSSR count). The van der Waals surface area contributed by atoms with Gasteiger partial charge in [0.2, 0.25) is 0 Å². The molecule has 4 aromatic carbocycles. The summed E-state index contributed by atoms with van der Waals surface area (Å²) in [5, 5.41) is 10.6. The van der Waals surface area contributed by atoms with Crippen molar-refractivity contribution in [1.82, 2.24) is 15.0 Å². The van der Waals surface area contributed by atoms with Crippen LogP contribution < -0.4 is 0 Å². The molecule has 0 saturated heterocycles. The van der Waals surface area contributed by atoms with Gasteiger partial charge in [0.1, 0.15) is 12.1 Å². The van der Waals surface area contributed by atoms with Gasteiger partial charge in [-0.1, -0.05) is 84.9 Å². The number of aromatic hydroxyl groups is 1. The molecule has 0 radical (unpaired) electrons. The van der Waals surface area contributed by atoms with Gasteiger partial charge in [-0.2, -0.15) is 0 Å². The molecule has 180 valence electrons. The Kier molecular flexibility index (Phi) is 5.12. The van der Waals surface area contributed by atoms with Gasteiger partial charge in [0.15, 0.2) is 0 Å². The van der Waals surface area contributed by atoms with Gasteiger partial charge < -0.3 is 5.11 Å². The molecule has 0 saturated carbocycles. The third-order valence-corrected chi connectivity index (χ3v) is 7.44. The summed E-state index contributed by atoms with van der Waals surface area (Å²) >= 11 is 0. The number of hydrogen-bond donors (Lipinski definition) is 1. The van der Waals surface area contributed by atoms with Gasteiger partial charge in [-0.3, -0.25) is 4.98 Å². The number of phenols is 1. The second-order valence-corrected chi connectivity index (χ2v) is 9.44. The maximum Gasteiger partial charge on any atom is 0.124 e. The Morgan fingerprint density at radius 2 is 1.26 bits per heavy atom. The van der Waals surface area contributed by atoms with Crippen molar-refractivity contribution >= 4 is 0 Å². The fraction of sp³-hybridized carbons (Fsp3) is 0.0294. The second-order valence-electron chi connectivity index (χ2n) is 9.44. The SMILES string of the molecule is Oc1ccccc1-c1cccc(C2(c3cccc(-c4ccncn4)c3)c3ccccc3-c3ccccc32)n1. The summed E-state index contributed by atoms with van der Waals surface area (Å²) in [4.78, 5) is 13.9. The molecule has 4 nitrogen and oxygen atoms in total. The second kappa shape index (κ2) is 8.79. The third kappa shape index (κ3) is 3.27. The summed E-state index contributed by atoms with van der Waals surface area (Å²) in [6, 6.07) is 41.1. The van der Waals surface area contributed by atoms with E-state index in [4.69, 9.17) is 4.98 Å². The normalized spacial score (nSPS) is 13.1. The molecular formula is C34H23N3O. The van der Waals surface area contributed by atoms with Crippen LogP contribution in [0.3, 0.4) is 0 Å². The summed E-state index contributed by atoms with van der Waals surface area (Å²) in [6.07, 6.45) is 3.34. The standard InChI is InChI=1S/C34H23N3O/c38-32-17-6-3-13-27(32)31-16-8-18-33(37-31)34(24-10-7-9-23(21-24)30-19-20-35-22-36-30)28-14-4-1-11-25(28)26-12-2-5-15-29(26)34/h1-22,38H. The summed E-state index contributed by atoms with van der Waals surface area (Å²) in [5.41, 5.74) is 9.43. The van der Waals surface area contributed by atoms with E-state index in [0.29, 0.717) is 5.56 Å². The zero-order chi connectivity index (χ0) is 25.5. The van der Waals surface area contributed by atoms with Gasteiger partial charge in [0.05, 0.1) is 22.5 Å². The minimum absolute atomic E-state index is 0.212. The van der Waals surface area contributed by atoms with Crippen LogP contribution in [0.2, 0.25) is 0 Å². The minimum atomic E-state index is -0.656. The maximum atomic E-state index is 10.6. The van der Waals surface area contributed by atoms with Crippen molar-refractivity contribution in [3.63, 3.8) is 0 Å². The molecule has 0 atom stereocenters. The third-order valence-electron chi connectivity index (χ3n) is 7.44. The highest BCUT2D eigenvalue weighted by atomic mass is 16.3. The van der Waals surface area contributed by atoms with E-state index in [1.54, 1.807) is 18.6 Å². The van der Waals surface area contributed by atoms with E-state index in [2.05, 4.69) is 88.8 Å². The fourth-order valence-corrected chi connectivity index (χ4v) is 5.83. The number of para-hydroxylation sites is 1. The van der Waals surface area contributed by atoms with Gasteiger partial charge in [-0.15, -0.1) is 0 Å². The Balaban J connectivity index is 1.56. The molecule has 0 bridgehead atoms. The molecule has 1 N–H and O–H groups in total. The van der Waals surface area contributed by atoms with Crippen molar-refractivity contribution in [2.75, 3.05) is 0 Å². The average molecular weight is 490 g/mol. The Bertz CT molecular complexity index is 1750. The van der Waals surface area contributed by atoms with Crippen molar-refractivity contribution < 1.29 is 5.11 Å². The predicted molar refractivity (Wildman–Crippen MR) is 150 cm³/mol. The largest absolute Gasteiger partial charge is 0.507 e. The van der Waals surface area contributed by atoms with E-state index in [0.717, 1.165) is 28.2 Å². The van der Waals surface area contributed by atoms with Gasteiger partial charge in [-0.25, -0.2) is 9.97 Å². The van der Waals surface area contributed by atoms with E-state index in [1.165, 1.54) is 22.3 Å². The lowest BCUT2D eigenvalue weighted by molar-refractivity contribution is 0.477. The van der Waals surface area contributed by atoms with E-state index in [1.807, 2.05) is 36.4 Å². The summed E-state index contributed by atoms with van der Waals surface area (Å²) in [7, 11) is 0. The first-order chi connectivity index (χ1) is 18.8. The molecule has 0 unspecified atom stereocenters. The molecular weight excluding hydrogens is 466 g/mol. The molecule has 4 heteroatoms. The highest BCUT2D eigenvalue weighted by molar-refractivity contribution is 5.86. The van der Waals surface area contributed by atoms with Crippen LogP contribution in [-0.2, 0) is 5.41 Å². The van der Waals surface area contributed by atoms with Crippen molar-refractivity contribution in [1.29, 1.82) is 0 Å². The fourth-order valence-electron chi connectivity index (χ4n) is 5.83. The number of nitrogens with zero attached hydrogens (tertiary/aromatic N) is 3. The number of hydrogen-bond acceptors (Lipinski definition) is 4. The molecule has 1 aliphatic carbocycles. The average Bonchev–Trinajstić information content (AvgIpc) is 3.29. The lowest BCUT2D eigenvalue weighted by Gasteiger charge is -2.33. The molecule has 0 spiro atoms. The zero-order valence-corrected chi connectivity index (χ0v) is 20.5. The van der Waals surface area contributed by atoms with Crippen LogP contribution in [0.15, 0.2) is 134 Å². The number of fused-ring (bicyclic) bond motifs is 3. The minimum Gasteiger partial charge on any atom is -0.507 e. The molecule has 6 aromatic rings. The topological polar surface area (TPSA) is 58.9 Å². The Hall–Kier alpha value is -5.09. The van der Waals surface area contributed by atoms with Crippen molar-refractivity contribution in [3.8, 4) is 39.4 Å². The highest BCUT2D eigenvalue weighted by Gasteiger charge is 2.47. The van der Waals surface area contributed by atoms with E-state index < -0.39 is 5.41 Å². The maximum absolute atomic E-state index is 10.6. The quantitative estimate of drug-likeness (QED) is 0.282. The molecule has 2 heterocycles. The van der Waals surface area contributed by atoms with Crippen molar-refractivity contribution in [3.05, 3.63) is 156 Å². The van der Waals surface area contributed by atoms with Crippen LogP contribution in [0, 0.1) is 0 Å². The van der Waals surface area contributed by atoms with Crippen LogP contribution >= 0.6 is 0 Å². The van der Waals surface area contributed by atoms with Gasteiger partial charge in [0, 0.05) is 17.3 Å². The summed E-state index contributed by atoms with van der Waals surface area (Å²) in [5.74, 6) is 0.212. The summed E-state index contributed by atoms with van der Waals surface area (Å²) < 4.78 is 0. The zero-order valence-electron chi connectivity index (χ0n) is 20.5. The smallest absolute Gasteiger partial charge is 0.124 e. The number of benzene rings is 4. The summed E-state index contributed by atoms with van der Waals surface area (Å²) in [6.45, 7) is 0. The van der Waals surface area contributed by atoms with Crippen LogP contribution in [-0.4, -0.2) is 20.1 Å². The number of phenolic OH excluding ortho intramolecular Hbond substituents is 1. The van der Waals surface area contributed by atoms with Crippen LogP contribution in [0.4, 0.5) is 0 Å². The van der Waals surface area contributed by atoms with Crippen LogP contribution in [0.25, 0.3) is 33.6 Å². The Morgan fingerprint density at radius 1 is 0.579 bits per heavy atom. The number of pyridine rings is 1. The molecule has 1 aliphatic rings. The molecule has 38 heavy (non-hydrogen) atoms. The Labute approximate surface area is 221 Å². The van der Waals surface area contributed by atoms with Gasteiger partial charge >= 0.3 is 0 Å². The van der Waals surface area contributed by atoms with Crippen LogP contribution in [0.5, 0.6) is 5.75 Å².